The van der Waals surface area contributed by atoms with E-state index >= 15 is 0 Å². The van der Waals surface area contributed by atoms with Gasteiger partial charge in [0.15, 0.2) is 0 Å². The van der Waals surface area contributed by atoms with Crippen LogP contribution in [0.4, 0.5) is 5.95 Å². The second-order valence-electron chi connectivity index (χ2n) is 9.79. The molecule has 0 bridgehead atoms. The van der Waals surface area contributed by atoms with E-state index in [9.17, 15) is 9.90 Å². The molecule has 0 saturated carbocycles. The number of benzene rings is 1. The van der Waals surface area contributed by atoms with Crippen LogP contribution in [0.3, 0.4) is 0 Å². The minimum absolute atomic E-state index is 0.0608. The Kier molecular flexibility index (Phi) is 9.30. The highest BCUT2D eigenvalue weighted by molar-refractivity contribution is 5.80. The van der Waals surface area contributed by atoms with Crippen molar-refractivity contribution >= 4 is 17.4 Å². The lowest BCUT2D eigenvalue weighted by molar-refractivity contribution is -0.125. The number of amides is 1. The molecule has 3 N–H and O–H groups in total. The van der Waals surface area contributed by atoms with Crippen molar-refractivity contribution in [3.8, 4) is 5.75 Å². The molecule has 194 valence electrons. The SMILES string of the molecule is CCc1cnc(N2CCC(COc3ccc(C4=CCC(C(=O)NC[C@@H](O)CO)CC4)cc3)CC2)nc1. The molecule has 8 nitrogen and oxygen atoms in total. The monoisotopic (exact) mass is 494 g/mol. The molecule has 2 atom stereocenters. The van der Waals surface area contributed by atoms with E-state index in [1.807, 2.05) is 24.5 Å². The number of aromatic nitrogens is 2. The second-order valence-corrected chi connectivity index (χ2v) is 9.79. The fourth-order valence-electron chi connectivity index (χ4n) is 4.73. The lowest BCUT2D eigenvalue weighted by atomic mass is 9.86. The zero-order chi connectivity index (χ0) is 25.3. The summed E-state index contributed by atoms with van der Waals surface area (Å²) in [4.78, 5) is 23.5. The highest BCUT2D eigenvalue weighted by Gasteiger charge is 2.23. The van der Waals surface area contributed by atoms with Crippen LogP contribution in [0.15, 0.2) is 42.7 Å². The van der Waals surface area contributed by atoms with E-state index in [-0.39, 0.29) is 25.0 Å². The number of aryl methyl sites for hydroxylation is 1. The minimum Gasteiger partial charge on any atom is -0.493 e. The number of carbonyl (C=O) groups is 1. The normalized spacial score (nSPS) is 19.5. The molecule has 1 aliphatic heterocycles. The molecule has 0 radical (unpaired) electrons. The Morgan fingerprint density at radius 2 is 1.89 bits per heavy atom. The first kappa shape index (κ1) is 26.1. The van der Waals surface area contributed by atoms with Crippen LogP contribution in [0.2, 0.25) is 0 Å². The van der Waals surface area contributed by atoms with Crippen LogP contribution in [0.1, 0.15) is 50.2 Å². The number of aliphatic hydroxyl groups excluding tert-OH is 2. The Morgan fingerprint density at radius 1 is 1.17 bits per heavy atom. The third kappa shape index (κ3) is 7.04. The van der Waals surface area contributed by atoms with Gasteiger partial charge in [-0.05, 0) is 73.3 Å². The number of rotatable bonds is 10. The van der Waals surface area contributed by atoms with Gasteiger partial charge in [0.05, 0.1) is 19.3 Å². The average molecular weight is 495 g/mol. The van der Waals surface area contributed by atoms with Gasteiger partial charge >= 0.3 is 0 Å². The van der Waals surface area contributed by atoms with Crippen molar-refractivity contribution in [2.75, 3.05) is 37.7 Å². The lowest BCUT2D eigenvalue weighted by Crippen LogP contribution is -2.38. The molecule has 0 spiro atoms. The van der Waals surface area contributed by atoms with Crippen LogP contribution in [0.5, 0.6) is 5.75 Å². The van der Waals surface area contributed by atoms with Gasteiger partial charge in [0.1, 0.15) is 5.75 Å². The maximum Gasteiger partial charge on any atom is 0.225 e. The molecule has 8 heteroatoms. The minimum atomic E-state index is -0.907. The molecule has 1 fully saturated rings. The summed E-state index contributed by atoms with van der Waals surface area (Å²) in [5.41, 5.74) is 3.58. The van der Waals surface area contributed by atoms with E-state index in [2.05, 4.69) is 45.3 Å². The van der Waals surface area contributed by atoms with E-state index in [4.69, 9.17) is 9.84 Å². The Labute approximate surface area is 213 Å². The van der Waals surface area contributed by atoms with Gasteiger partial charge in [-0.25, -0.2) is 9.97 Å². The molecule has 2 aromatic rings. The number of hydrogen-bond donors (Lipinski definition) is 3. The summed E-state index contributed by atoms with van der Waals surface area (Å²) in [6, 6.07) is 8.26. The van der Waals surface area contributed by atoms with Crippen LogP contribution in [-0.2, 0) is 11.2 Å². The van der Waals surface area contributed by atoms with Gasteiger partial charge < -0.3 is 25.2 Å². The molecule has 1 aromatic heterocycles. The molecule has 1 amide bonds. The first-order valence-electron chi connectivity index (χ1n) is 13.1. The van der Waals surface area contributed by atoms with Gasteiger partial charge in [-0.3, -0.25) is 4.79 Å². The molecule has 2 heterocycles. The van der Waals surface area contributed by atoms with Crippen molar-refractivity contribution in [1.82, 2.24) is 15.3 Å². The van der Waals surface area contributed by atoms with Crippen molar-refractivity contribution in [2.24, 2.45) is 11.8 Å². The maximum absolute atomic E-state index is 12.3. The zero-order valence-electron chi connectivity index (χ0n) is 21.1. The Balaban J connectivity index is 1.19. The van der Waals surface area contributed by atoms with Crippen LogP contribution in [0.25, 0.3) is 5.57 Å². The van der Waals surface area contributed by atoms with Gasteiger partial charge in [0.2, 0.25) is 11.9 Å². The third-order valence-electron chi connectivity index (χ3n) is 7.21. The first-order chi connectivity index (χ1) is 17.6. The standard InChI is InChI=1S/C28H38N4O4/c1-2-20-15-30-28(31-16-20)32-13-11-21(12-14-32)19-36-26-9-7-23(8-10-26)22-3-5-24(6-4-22)27(35)29-17-25(34)18-33/h3,7-10,15-16,21,24-25,33-34H,2,4-6,11-14,17-19H2,1H3,(H,29,35)/t24?,25-/m1/s1. The van der Waals surface area contributed by atoms with E-state index in [1.54, 1.807) is 0 Å². The summed E-state index contributed by atoms with van der Waals surface area (Å²) in [6.45, 7) is 4.47. The molecule has 1 aliphatic carbocycles. The fraction of sp³-hybridized carbons (Fsp3) is 0.536. The molecular weight excluding hydrogens is 456 g/mol. The molecule has 2 aliphatic rings. The number of hydrogen-bond acceptors (Lipinski definition) is 7. The van der Waals surface area contributed by atoms with Gasteiger partial charge in [-0.2, -0.15) is 0 Å². The van der Waals surface area contributed by atoms with Crippen LogP contribution in [0, 0.1) is 11.8 Å². The number of anilines is 1. The fourth-order valence-corrected chi connectivity index (χ4v) is 4.73. The van der Waals surface area contributed by atoms with Gasteiger partial charge in [0, 0.05) is 37.9 Å². The van der Waals surface area contributed by atoms with Crippen molar-refractivity contribution in [3.63, 3.8) is 0 Å². The summed E-state index contributed by atoms with van der Waals surface area (Å²) < 4.78 is 6.10. The summed E-state index contributed by atoms with van der Waals surface area (Å²) >= 11 is 0. The molecule has 1 unspecified atom stereocenters. The van der Waals surface area contributed by atoms with E-state index in [1.165, 1.54) is 11.1 Å². The number of nitrogens with zero attached hydrogens (tertiary/aromatic N) is 3. The Hall–Kier alpha value is -2.97. The van der Waals surface area contributed by atoms with Crippen molar-refractivity contribution in [2.45, 2.75) is 51.6 Å². The highest BCUT2D eigenvalue weighted by Crippen LogP contribution is 2.31. The van der Waals surface area contributed by atoms with Crippen LogP contribution in [-0.4, -0.2) is 65.0 Å². The van der Waals surface area contributed by atoms with Gasteiger partial charge in [-0.15, -0.1) is 0 Å². The van der Waals surface area contributed by atoms with E-state index in [0.717, 1.165) is 62.5 Å². The zero-order valence-corrected chi connectivity index (χ0v) is 21.1. The summed E-state index contributed by atoms with van der Waals surface area (Å²) in [5, 5.41) is 21.0. The van der Waals surface area contributed by atoms with Crippen LogP contribution < -0.4 is 15.0 Å². The lowest BCUT2D eigenvalue weighted by Gasteiger charge is -2.31. The average Bonchev–Trinajstić information content (AvgIpc) is 2.95. The topological polar surface area (TPSA) is 108 Å². The number of carbonyl (C=O) groups excluding carboxylic acids is 1. The molecule has 36 heavy (non-hydrogen) atoms. The molecule has 1 saturated heterocycles. The maximum atomic E-state index is 12.3. The second kappa shape index (κ2) is 12.8. The van der Waals surface area contributed by atoms with Crippen molar-refractivity contribution in [1.29, 1.82) is 0 Å². The van der Waals surface area contributed by atoms with Gasteiger partial charge in [0.25, 0.3) is 0 Å². The Morgan fingerprint density at radius 3 is 2.50 bits per heavy atom. The summed E-state index contributed by atoms with van der Waals surface area (Å²) in [6.07, 6.45) is 10.5. The van der Waals surface area contributed by atoms with E-state index in [0.29, 0.717) is 18.9 Å². The number of nitrogens with one attached hydrogen (secondary N) is 1. The predicted octanol–water partition coefficient (Wildman–Crippen LogP) is 2.99. The largest absolute Gasteiger partial charge is 0.493 e. The van der Waals surface area contributed by atoms with Crippen molar-refractivity contribution < 1.29 is 19.7 Å². The Bertz CT molecular complexity index is 1000. The predicted molar refractivity (Wildman–Crippen MR) is 140 cm³/mol. The van der Waals surface area contributed by atoms with Crippen molar-refractivity contribution in [3.05, 3.63) is 53.9 Å². The molecule has 1 aromatic carbocycles. The summed E-state index contributed by atoms with van der Waals surface area (Å²) in [5.74, 6) is 2.09. The first-order valence-corrected chi connectivity index (χ1v) is 13.1. The smallest absolute Gasteiger partial charge is 0.225 e. The van der Waals surface area contributed by atoms with Crippen LogP contribution >= 0.6 is 0 Å². The van der Waals surface area contributed by atoms with E-state index < -0.39 is 6.10 Å². The number of allylic oxidation sites excluding steroid dienone is 2. The number of piperidine rings is 1. The molecular formula is C28H38N4O4. The third-order valence-corrected chi connectivity index (χ3v) is 7.21. The number of aliphatic hydroxyl groups is 2. The quantitative estimate of drug-likeness (QED) is 0.466. The highest BCUT2D eigenvalue weighted by atomic mass is 16.5. The summed E-state index contributed by atoms with van der Waals surface area (Å²) in [7, 11) is 0. The van der Waals surface area contributed by atoms with Gasteiger partial charge in [-0.1, -0.05) is 25.1 Å². The molecule has 4 rings (SSSR count). The number of ether oxygens (including phenoxy) is 1.